The van der Waals surface area contributed by atoms with Gasteiger partial charge in [0.05, 0.1) is 31.8 Å². The Balaban J connectivity index is 0.000000180. The molecule has 3 saturated heterocycles. The number of amides is 6. The molecule has 0 unspecified atom stereocenters. The highest BCUT2D eigenvalue weighted by Crippen LogP contribution is 2.47. The van der Waals surface area contributed by atoms with Gasteiger partial charge in [-0.1, -0.05) is 66.5 Å². The molecule has 0 atom stereocenters. The zero-order valence-electron chi connectivity index (χ0n) is 63.0. The quantitative estimate of drug-likeness (QED) is 0.0305. The number of phenolic OH excluding ortho intramolecular Hbond substituents is 3. The summed E-state index contributed by atoms with van der Waals surface area (Å²) in [4.78, 5) is 114. The van der Waals surface area contributed by atoms with Crippen molar-refractivity contribution in [2.24, 2.45) is 0 Å². The van der Waals surface area contributed by atoms with Crippen LogP contribution in [0, 0.1) is 34.9 Å². The summed E-state index contributed by atoms with van der Waals surface area (Å²) < 4.78 is 92.1. The van der Waals surface area contributed by atoms with Crippen LogP contribution in [0.25, 0.3) is 66.1 Å². The van der Waals surface area contributed by atoms with E-state index in [1.54, 1.807) is 63.9 Å². The molecule has 0 bridgehead atoms. The Morgan fingerprint density at radius 2 is 0.726 bits per heavy atom. The molecule has 113 heavy (non-hydrogen) atoms. The molecule has 27 nitrogen and oxygen atoms in total. The van der Waals surface area contributed by atoms with Crippen LogP contribution in [0.3, 0.4) is 0 Å². The molecule has 3 aliphatic heterocycles. The smallest absolute Gasteiger partial charge is 0.246 e. The first kappa shape index (κ1) is 84.0. The van der Waals surface area contributed by atoms with Crippen molar-refractivity contribution in [1.29, 1.82) is 0 Å². The Kier molecular flexibility index (Phi) is 27.4. The molecule has 3 aliphatic rings. The van der Waals surface area contributed by atoms with E-state index < -0.39 is 52.2 Å². The number of nitrogens with zero attached hydrogens (tertiary/aromatic N) is 15. The number of piperazine rings is 3. The summed E-state index contributed by atoms with van der Waals surface area (Å²) in [7, 11) is 9.87. The van der Waals surface area contributed by atoms with E-state index in [0.717, 1.165) is 18.2 Å². The molecule has 3 aromatic heterocycles. The van der Waals surface area contributed by atoms with Crippen LogP contribution < -0.4 is 30.7 Å². The highest BCUT2D eigenvalue weighted by atomic mass is 35.5. The van der Waals surface area contributed by atoms with Gasteiger partial charge in [-0.3, -0.25) is 28.8 Å². The number of phenols is 3. The average Bonchev–Trinajstić information content (AvgIpc) is 0.759. The van der Waals surface area contributed by atoms with Gasteiger partial charge in [-0.2, -0.15) is 15.0 Å². The minimum absolute atomic E-state index is 0.0384. The number of anilines is 6. The standard InChI is InChI=1S/C26H29ClF2N6O3.C26H27ClF2N6O3.C25H27ClF2N6O3/c2*1-4-19(37)34-10-12-35(13-11-34)25-15-14-16(27)21(22-17(28)6-5-7-18(22)36)23(29)24(15)31-26(32-25)30-9-8-20(38)33(2)3;1-14(35)33-9-11-34(12-10-33)24-15-13-16(26)20(21-17(27)5-4-6-18(21)36)22(28)23(15)30-25(31-24)29-8-7-19(37)32(2)3/h5-7,14,36H,4,8-13H2,1-3H3,(H,30,31,32);4-7,14,36H,1,8-13H2,2-3H3,(H,30,31,32);4-6,13,36H,7-12H2,1-3H3,(H,29,30,31). The van der Waals surface area contributed by atoms with Crippen molar-refractivity contribution in [3.05, 3.63) is 135 Å². The lowest BCUT2D eigenvalue weighted by Crippen LogP contribution is -2.49. The summed E-state index contributed by atoms with van der Waals surface area (Å²) in [6, 6.07) is 15.3. The molecule has 12 rings (SSSR count). The Morgan fingerprint density at radius 3 is 0.982 bits per heavy atom. The lowest BCUT2D eigenvalue weighted by Gasteiger charge is -2.36. The number of carbonyl (C=O) groups excluding carboxylic acids is 6. The predicted molar refractivity (Wildman–Crippen MR) is 423 cm³/mol. The number of hydrogen-bond acceptors (Lipinski definition) is 21. The van der Waals surface area contributed by atoms with Crippen molar-refractivity contribution < 1.29 is 70.4 Å². The van der Waals surface area contributed by atoms with Gasteiger partial charge >= 0.3 is 0 Å². The monoisotopic (exact) mass is 1620 g/mol. The molecule has 0 radical (unpaired) electrons. The topological polar surface area (TPSA) is 306 Å². The fraction of sp³-hybridized carbons (Fsp3) is 0.351. The number of benzene rings is 6. The fourth-order valence-electron chi connectivity index (χ4n) is 12.9. The zero-order chi connectivity index (χ0) is 82.0. The maximum absolute atomic E-state index is 16.1. The first-order valence-electron chi connectivity index (χ1n) is 35.9. The SMILES string of the molecule is C=CC(=O)N1CCN(c2nc(NCCC(=O)N(C)C)nc3c(F)c(-c4c(O)cccc4F)c(Cl)cc23)CC1.CC(=O)N1CCN(c2nc(NCCC(=O)N(C)C)nc3c(F)c(-c4c(O)cccc4F)c(Cl)cc23)CC1.CCC(=O)N1CCN(c2nc(NCCC(=O)N(C)C)nc3c(F)c(-c4c(O)cccc4F)c(Cl)cc23)CC1. The van der Waals surface area contributed by atoms with Crippen LogP contribution >= 0.6 is 34.8 Å². The highest BCUT2D eigenvalue weighted by molar-refractivity contribution is 6.36. The van der Waals surface area contributed by atoms with Crippen molar-refractivity contribution in [3.63, 3.8) is 0 Å². The van der Waals surface area contributed by atoms with Gasteiger partial charge in [-0.15, -0.1) is 0 Å². The molecule has 6 aromatic carbocycles. The van der Waals surface area contributed by atoms with Crippen LogP contribution in [0.15, 0.2) is 85.5 Å². The second kappa shape index (κ2) is 36.8. The van der Waals surface area contributed by atoms with Crippen LogP contribution in [0.2, 0.25) is 15.1 Å². The summed E-state index contributed by atoms with van der Waals surface area (Å²) >= 11 is 19.4. The van der Waals surface area contributed by atoms with Gasteiger partial charge in [-0.25, -0.2) is 41.3 Å². The van der Waals surface area contributed by atoms with Gasteiger partial charge in [0.1, 0.15) is 68.7 Å². The number of nitrogens with one attached hydrogen (secondary N) is 3. The zero-order valence-corrected chi connectivity index (χ0v) is 65.3. The first-order chi connectivity index (χ1) is 53.8. The van der Waals surface area contributed by atoms with Crippen LogP contribution in [-0.4, -0.2) is 251 Å². The molecule has 6 heterocycles. The third kappa shape index (κ3) is 19.0. The summed E-state index contributed by atoms with van der Waals surface area (Å²) in [5.74, 6) is -5.80. The molecule has 6 amide bonds. The number of halogens is 9. The number of fused-ring (bicyclic) bond motifs is 3. The van der Waals surface area contributed by atoms with Crippen molar-refractivity contribution in [1.82, 2.24) is 59.3 Å². The number of carbonyl (C=O) groups is 6. The Bertz CT molecular complexity index is 5090. The lowest BCUT2D eigenvalue weighted by atomic mass is 10.0. The van der Waals surface area contributed by atoms with E-state index in [2.05, 4.69) is 52.4 Å². The molecule has 6 N–H and O–H groups in total. The van der Waals surface area contributed by atoms with Crippen LogP contribution in [0.1, 0.15) is 39.5 Å². The molecule has 9 aromatic rings. The fourth-order valence-corrected chi connectivity index (χ4v) is 13.7. The van der Waals surface area contributed by atoms with Gasteiger partial charge in [-0.05, 0) is 60.7 Å². The van der Waals surface area contributed by atoms with Crippen LogP contribution in [0.5, 0.6) is 17.2 Å². The normalized spacial score (nSPS) is 13.6. The van der Waals surface area contributed by atoms with Crippen molar-refractivity contribution in [2.45, 2.75) is 39.5 Å². The number of aromatic nitrogens is 6. The second-order valence-corrected chi connectivity index (χ2v) is 28.2. The van der Waals surface area contributed by atoms with Gasteiger partial charge in [0.25, 0.3) is 0 Å². The lowest BCUT2D eigenvalue weighted by molar-refractivity contribution is -0.131. The van der Waals surface area contributed by atoms with E-state index in [4.69, 9.17) is 34.8 Å². The van der Waals surface area contributed by atoms with Crippen molar-refractivity contribution >= 4 is 138 Å². The maximum atomic E-state index is 16.1. The predicted octanol–water partition coefficient (Wildman–Crippen LogP) is 11.0. The number of hydrogen-bond donors (Lipinski definition) is 6. The minimum Gasteiger partial charge on any atom is -0.507 e. The van der Waals surface area contributed by atoms with Crippen molar-refractivity contribution in [2.75, 3.05) is 171 Å². The van der Waals surface area contributed by atoms with Crippen molar-refractivity contribution in [3.8, 4) is 50.6 Å². The Hall–Kier alpha value is -11.5. The summed E-state index contributed by atoms with van der Waals surface area (Å²) in [5.41, 5.74) is -2.44. The van der Waals surface area contributed by atoms with Crippen LogP contribution in [0.4, 0.5) is 61.6 Å². The minimum atomic E-state index is -0.926. The second-order valence-electron chi connectivity index (χ2n) is 27.0. The largest absolute Gasteiger partial charge is 0.507 e. The molecule has 598 valence electrons. The van der Waals surface area contributed by atoms with E-state index in [9.17, 15) is 57.3 Å². The molecular weight excluding hydrogens is 1540 g/mol. The third-order valence-electron chi connectivity index (χ3n) is 19.0. The molecule has 0 aliphatic carbocycles. The van der Waals surface area contributed by atoms with E-state index >= 15 is 13.2 Å². The van der Waals surface area contributed by atoms with Gasteiger partial charge < -0.3 is 75.4 Å². The highest BCUT2D eigenvalue weighted by Gasteiger charge is 2.33. The molecule has 0 saturated carbocycles. The van der Waals surface area contributed by atoms with E-state index in [1.165, 1.54) is 82.3 Å². The van der Waals surface area contributed by atoms with Gasteiger partial charge in [0.2, 0.25) is 53.3 Å². The van der Waals surface area contributed by atoms with E-state index in [1.807, 2.05) is 14.7 Å². The molecule has 3 fully saturated rings. The Morgan fingerprint density at radius 1 is 0.442 bits per heavy atom. The van der Waals surface area contributed by atoms with Gasteiger partial charge in [0, 0.05) is 206 Å². The number of rotatable bonds is 20. The first-order valence-corrected chi connectivity index (χ1v) is 37.0. The van der Waals surface area contributed by atoms with E-state index in [-0.39, 0.29) is 163 Å². The molecule has 0 spiro atoms. The third-order valence-corrected chi connectivity index (χ3v) is 19.9. The number of aromatic hydroxyl groups is 3. The summed E-state index contributed by atoms with van der Waals surface area (Å²) in [5, 5.41) is 40.3. The average molecular weight is 1620 g/mol. The summed E-state index contributed by atoms with van der Waals surface area (Å²) in [6.45, 7) is 12.7. The molecule has 36 heteroatoms. The summed E-state index contributed by atoms with van der Waals surface area (Å²) in [6.07, 6.45) is 2.14. The van der Waals surface area contributed by atoms with Crippen LogP contribution in [-0.2, 0) is 28.8 Å². The molecular formula is C77H83Cl3F6N18O9. The van der Waals surface area contributed by atoms with E-state index in [0.29, 0.717) is 113 Å². The Labute approximate surface area is 661 Å². The maximum Gasteiger partial charge on any atom is 0.246 e. The van der Waals surface area contributed by atoms with Gasteiger partial charge in [0.15, 0.2) is 17.5 Å².